The lowest BCUT2D eigenvalue weighted by atomic mass is 9.67. The number of hydrogen-bond acceptors (Lipinski definition) is 7. The largest absolute Gasteiger partial charge is 0.460 e. The van der Waals surface area contributed by atoms with Gasteiger partial charge in [-0.2, -0.15) is 0 Å². The number of rotatable bonds is 3. The minimum atomic E-state index is -3.28. The molecule has 7 nitrogen and oxygen atoms in total. The SMILES string of the molecule is CC1CS(=O)(=O)CC1C1C(=O)OC(=O)C1C(C)(C)C(=O)OC(C)(C)C. The molecule has 0 spiro atoms. The molecule has 2 fully saturated rings. The minimum Gasteiger partial charge on any atom is -0.460 e. The predicted molar refractivity (Wildman–Crippen MR) is 89.0 cm³/mol. The Morgan fingerprint density at radius 3 is 2.08 bits per heavy atom. The molecular formula is C17H26O7S. The first kappa shape index (κ1) is 19.9. The Morgan fingerprint density at radius 1 is 1.08 bits per heavy atom. The molecule has 142 valence electrons. The van der Waals surface area contributed by atoms with E-state index in [-0.39, 0.29) is 17.4 Å². The Balaban J connectivity index is 2.38. The second-order valence-electron chi connectivity index (χ2n) is 8.69. The van der Waals surface area contributed by atoms with E-state index in [0.29, 0.717) is 0 Å². The van der Waals surface area contributed by atoms with Crippen LogP contribution in [0.15, 0.2) is 0 Å². The molecule has 4 atom stereocenters. The van der Waals surface area contributed by atoms with Crippen molar-refractivity contribution in [1.82, 2.24) is 0 Å². The lowest BCUT2D eigenvalue weighted by Crippen LogP contribution is -2.45. The third kappa shape index (κ3) is 3.88. The van der Waals surface area contributed by atoms with Gasteiger partial charge in [0, 0.05) is 0 Å². The third-order valence-electron chi connectivity index (χ3n) is 4.94. The molecular weight excluding hydrogens is 348 g/mol. The first-order valence-corrected chi connectivity index (χ1v) is 10.2. The van der Waals surface area contributed by atoms with Crippen molar-refractivity contribution in [2.24, 2.45) is 29.1 Å². The van der Waals surface area contributed by atoms with Crippen LogP contribution in [0.25, 0.3) is 0 Å². The van der Waals surface area contributed by atoms with Crippen LogP contribution in [-0.4, -0.2) is 43.4 Å². The van der Waals surface area contributed by atoms with Crippen LogP contribution in [-0.2, 0) is 33.7 Å². The number of carbonyl (C=O) groups is 3. The first-order valence-electron chi connectivity index (χ1n) is 8.35. The number of esters is 3. The molecule has 2 saturated heterocycles. The van der Waals surface area contributed by atoms with Gasteiger partial charge >= 0.3 is 17.9 Å². The first-order chi connectivity index (χ1) is 11.2. The maximum absolute atomic E-state index is 12.6. The zero-order valence-electron chi connectivity index (χ0n) is 15.5. The number of ether oxygens (including phenoxy) is 2. The highest BCUT2D eigenvalue weighted by Gasteiger charge is 2.60. The standard InChI is InChI=1S/C17H26O7S/c1-9-7-25(21,22)8-10(9)11-12(14(19)23-13(11)18)17(5,6)15(20)24-16(2,3)4/h9-12H,7-8H2,1-6H3. The van der Waals surface area contributed by atoms with Crippen molar-refractivity contribution in [2.45, 2.75) is 47.1 Å². The van der Waals surface area contributed by atoms with Gasteiger partial charge in [-0.3, -0.25) is 14.4 Å². The van der Waals surface area contributed by atoms with Crippen molar-refractivity contribution in [3.8, 4) is 0 Å². The summed E-state index contributed by atoms with van der Waals surface area (Å²) >= 11 is 0. The smallest absolute Gasteiger partial charge is 0.318 e. The molecule has 0 saturated carbocycles. The molecule has 2 heterocycles. The average molecular weight is 374 g/mol. The van der Waals surface area contributed by atoms with Crippen LogP contribution in [0.1, 0.15) is 41.5 Å². The molecule has 0 aromatic heterocycles. The molecule has 0 aromatic carbocycles. The second kappa shape index (κ2) is 6.07. The van der Waals surface area contributed by atoms with E-state index >= 15 is 0 Å². The molecule has 0 aliphatic carbocycles. The molecule has 4 unspecified atom stereocenters. The summed E-state index contributed by atoms with van der Waals surface area (Å²) in [5.41, 5.74) is -2.06. The van der Waals surface area contributed by atoms with Gasteiger partial charge in [-0.1, -0.05) is 6.92 Å². The van der Waals surface area contributed by atoms with Crippen LogP contribution in [0.4, 0.5) is 0 Å². The van der Waals surface area contributed by atoms with Gasteiger partial charge in [-0.25, -0.2) is 8.42 Å². The second-order valence-corrected chi connectivity index (χ2v) is 10.8. The van der Waals surface area contributed by atoms with Crippen LogP contribution in [0.3, 0.4) is 0 Å². The Kier molecular flexibility index (Phi) is 4.83. The van der Waals surface area contributed by atoms with E-state index in [4.69, 9.17) is 9.47 Å². The van der Waals surface area contributed by atoms with Gasteiger partial charge in [-0.15, -0.1) is 0 Å². The van der Waals surface area contributed by atoms with E-state index in [1.807, 2.05) is 0 Å². The van der Waals surface area contributed by atoms with Crippen molar-refractivity contribution in [2.75, 3.05) is 11.5 Å². The summed E-state index contributed by atoms with van der Waals surface area (Å²) < 4.78 is 34.1. The Bertz CT molecular complexity index is 699. The van der Waals surface area contributed by atoms with E-state index in [1.165, 1.54) is 13.8 Å². The fourth-order valence-corrected chi connectivity index (χ4v) is 6.03. The van der Waals surface area contributed by atoms with Crippen LogP contribution in [0.5, 0.6) is 0 Å². The Labute approximate surface area is 148 Å². The van der Waals surface area contributed by atoms with Crippen molar-refractivity contribution >= 4 is 27.7 Å². The van der Waals surface area contributed by atoms with Gasteiger partial charge in [-0.05, 0) is 46.5 Å². The van der Waals surface area contributed by atoms with E-state index in [1.54, 1.807) is 27.7 Å². The molecule has 0 N–H and O–H groups in total. The van der Waals surface area contributed by atoms with Crippen molar-refractivity contribution < 1.29 is 32.3 Å². The van der Waals surface area contributed by atoms with E-state index < -0.39 is 56.5 Å². The Morgan fingerprint density at radius 2 is 1.64 bits per heavy atom. The number of carbonyl (C=O) groups excluding carboxylic acids is 3. The van der Waals surface area contributed by atoms with Gasteiger partial charge in [0.25, 0.3) is 0 Å². The molecule has 0 radical (unpaired) electrons. The number of cyclic esters (lactones) is 2. The van der Waals surface area contributed by atoms with E-state index in [2.05, 4.69) is 0 Å². The molecule has 0 bridgehead atoms. The fraction of sp³-hybridized carbons (Fsp3) is 0.824. The fourth-order valence-electron chi connectivity index (χ4n) is 3.72. The average Bonchev–Trinajstić information content (AvgIpc) is 2.82. The molecule has 8 heteroatoms. The van der Waals surface area contributed by atoms with Gasteiger partial charge in [0.05, 0.1) is 28.8 Å². The lowest BCUT2D eigenvalue weighted by molar-refractivity contribution is -0.173. The van der Waals surface area contributed by atoms with Gasteiger partial charge in [0.15, 0.2) is 9.84 Å². The summed E-state index contributed by atoms with van der Waals surface area (Å²) in [6, 6.07) is 0. The normalized spacial score (nSPS) is 32.6. The highest BCUT2D eigenvalue weighted by molar-refractivity contribution is 7.91. The molecule has 2 aliphatic heterocycles. The maximum Gasteiger partial charge on any atom is 0.318 e. The summed E-state index contributed by atoms with van der Waals surface area (Å²) in [6.07, 6.45) is 0. The van der Waals surface area contributed by atoms with Crippen LogP contribution >= 0.6 is 0 Å². The molecule has 25 heavy (non-hydrogen) atoms. The summed E-state index contributed by atoms with van der Waals surface area (Å²) in [5.74, 6) is -5.21. The summed E-state index contributed by atoms with van der Waals surface area (Å²) in [6.45, 7) is 9.94. The topological polar surface area (TPSA) is 104 Å². The summed E-state index contributed by atoms with van der Waals surface area (Å²) in [7, 11) is -3.28. The van der Waals surface area contributed by atoms with Crippen LogP contribution in [0.2, 0.25) is 0 Å². The zero-order valence-corrected chi connectivity index (χ0v) is 16.3. The third-order valence-corrected chi connectivity index (χ3v) is 6.87. The predicted octanol–water partition coefficient (Wildman–Crippen LogP) is 1.35. The minimum absolute atomic E-state index is 0.0325. The van der Waals surface area contributed by atoms with Gasteiger partial charge in [0.1, 0.15) is 5.60 Å². The molecule has 2 aliphatic rings. The monoisotopic (exact) mass is 374 g/mol. The maximum atomic E-state index is 12.6. The quantitative estimate of drug-likeness (QED) is 0.542. The Hall–Kier alpha value is -1.44. The molecule has 0 amide bonds. The van der Waals surface area contributed by atoms with Gasteiger partial charge < -0.3 is 9.47 Å². The van der Waals surface area contributed by atoms with Crippen LogP contribution < -0.4 is 0 Å². The highest BCUT2D eigenvalue weighted by Crippen LogP contribution is 2.47. The number of sulfone groups is 1. The number of hydrogen-bond donors (Lipinski definition) is 0. The van der Waals surface area contributed by atoms with Crippen molar-refractivity contribution in [3.05, 3.63) is 0 Å². The summed E-state index contributed by atoms with van der Waals surface area (Å²) in [4.78, 5) is 37.3. The zero-order chi connectivity index (χ0) is 19.4. The van der Waals surface area contributed by atoms with E-state index in [0.717, 1.165) is 0 Å². The van der Waals surface area contributed by atoms with Crippen LogP contribution in [0, 0.1) is 29.1 Å². The van der Waals surface area contributed by atoms with E-state index in [9.17, 15) is 22.8 Å². The van der Waals surface area contributed by atoms with Crippen molar-refractivity contribution in [3.63, 3.8) is 0 Å². The summed E-state index contributed by atoms with van der Waals surface area (Å²) in [5, 5.41) is 0. The molecule has 2 rings (SSSR count). The van der Waals surface area contributed by atoms with Gasteiger partial charge in [0.2, 0.25) is 0 Å². The van der Waals surface area contributed by atoms with Crippen molar-refractivity contribution in [1.29, 1.82) is 0 Å². The highest BCUT2D eigenvalue weighted by atomic mass is 32.2. The lowest BCUT2D eigenvalue weighted by Gasteiger charge is -2.34. The molecule has 0 aromatic rings.